The molecule has 5 nitrogen and oxygen atoms in total. The predicted octanol–water partition coefficient (Wildman–Crippen LogP) is 40.6. The lowest BCUT2D eigenvalue weighted by molar-refractivity contribution is 0.668. The van der Waals surface area contributed by atoms with Gasteiger partial charge in [-0.1, -0.05) is 413 Å². The van der Waals surface area contributed by atoms with E-state index < -0.39 is 0 Å². The first-order valence-corrected chi connectivity index (χ1v) is 50.5. The zero-order valence-corrected chi connectivity index (χ0v) is 80.7. The van der Waals surface area contributed by atoms with Gasteiger partial charge in [-0.3, -0.25) is 0 Å². The van der Waals surface area contributed by atoms with Crippen molar-refractivity contribution in [3.05, 3.63) is 576 Å². The molecular formula is C140H95N3O2S. The fourth-order valence-electron chi connectivity index (χ4n) is 20.6. The second-order valence-electron chi connectivity index (χ2n) is 37.0. The van der Waals surface area contributed by atoms with E-state index in [0.717, 1.165) is 117 Å². The maximum absolute atomic E-state index is 6.13. The van der Waals surface area contributed by atoms with Crippen molar-refractivity contribution in [2.75, 3.05) is 14.7 Å². The number of hydrogen-bond acceptors (Lipinski definition) is 6. The average Bonchev–Trinajstić information content (AvgIpc) is 0.886. The van der Waals surface area contributed by atoms with E-state index in [-0.39, 0.29) is 0 Å². The molecule has 688 valence electrons. The Kier molecular flexibility index (Phi) is 24.0. The molecule has 0 amide bonds. The van der Waals surface area contributed by atoms with Gasteiger partial charge in [0.2, 0.25) is 0 Å². The fourth-order valence-corrected chi connectivity index (χ4v) is 21.7. The molecule has 0 aliphatic heterocycles. The van der Waals surface area contributed by atoms with Crippen molar-refractivity contribution in [3.8, 4) is 111 Å². The van der Waals surface area contributed by atoms with Crippen molar-refractivity contribution in [2.45, 2.75) is 0 Å². The van der Waals surface area contributed by atoms with Crippen molar-refractivity contribution in [2.24, 2.45) is 0 Å². The van der Waals surface area contributed by atoms with Crippen LogP contribution in [0.4, 0.5) is 51.2 Å². The maximum atomic E-state index is 6.13. The van der Waals surface area contributed by atoms with Gasteiger partial charge in [-0.05, 0) is 291 Å². The van der Waals surface area contributed by atoms with E-state index in [1.54, 1.807) is 0 Å². The van der Waals surface area contributed by atoms with Gasteiger partial charge in [0.25, 0.3) is 0 Å². The molecule has 0 saturated carbocycles. The number of thiophene rings is 1. The van der Waals surface area contributed by atoms with E-state index in [4.69, 9.17) is 8.83 Å². The number of fused-ring (bicyclic) bond motifs is 12. The lowest BCUT2D eigenvalue weighted by atomic mass is 9.98. The number of hydrogen-bond donors (Lipinski definition) is 0. The lowest BCUT2D eigenvalue weighted by Gasteiger charge is -2.28. The van der Waals surface area contributed by atoms with Crippen LogP contribution >= 0.6 is 11.3 Å². The molecule has 0 N–H and O–H groups in total. The molecule has 0 aliphatic rings. The van der Waals surface area contributed by atoms with Crippen molar-refractivity contribution < 1.29 is 8.83 Å². The van der Waals surface area contributed by atoms with Crippen LogP contribution in [-0.4, -0.2) is 0 Å². The Labute approximate surface area is 852 Å². The number of rotatable bonds is 19. The van der Waals surface area contributed by atoms with Gasteiger partial charge >= 0.3 is 0 Å². The van der Waals surface area contributed by atoms with Crippen LogP contribution in [0.25, 0.3) is 197 Å². The third-order valence-electron chi connectivity index (χ3n) is 28.0. The Bertz CT molecular complexity index is 9380. The molecule has 27 aromatic rings. The smallest absolute Gasteiger partial charge is 0.135 e. The summed E-state index contributed by atoms with van der Waals surface area (Å²) in [6, 6.07) is 206. The van der Waals surface area contributed by atoms with Crippen molar-refractivity contribution in [1.29, 1.82) is 0 Å². The molecule has 0 aliphatic carbocycles. The molecule has 3 aromatic heterocycles. The minimum absolute atomic E-state index is 0.904. The average molecular weight is 1880 g/mol. The molecule has 24 aromatic carbocycles. The van der Waals surface area contributed by atoms with Crippen molar-refractivity contribution in [3.63, 3.8) is 0 Å². The second-order valence-corrected chi connectivity index (χ2v) is 38.1. The quantitative estimate of drug-likeness (QED) is 0.0754. The topological polar surface area (TPSA) is 36.0 Å². The molecule has 0 atom stereocenters. The van der Waals surface area contributed by atoms with Crippen LogP contribution in [0.15, 0.2) is 585 Å². The Hall–Kier alpha value is -19.0. The summed E-state index contributed by atoms with van der Waals surface area (Å²) >= 11 is 1.86. The number of para-hydroxylation sites is 2. The van der Waals surface area contributed by atoms with Crippen molar-refractivity contribution >= 4 is 148 Å². The summed E-state index contributed by atoms with van der Waals surface area (Å²) in [5.41, 5.74) is 37.5. The monoisotopic (exact) mass is 1880 g/mol. The Morgan fingerprint density at radius 3 is 0.774 bits per heavy atom. The molecule has 0 radical (unpaired) electrons. The van der Waals surface area contributed by atoms with E-state index >= 15 is 0 Å². The van der Waals surface area contributed by atoms with Crippen molar-refractivity contribution in [1.82, 2.24) is 0 Å². The number of nitrogens with zero attached hydrogens (tertiary/aromatic N) is 3. The zero-order chi connectivity index (χ0) is 97.0. The van der Waals surface area contributed by atoms with Crippen LogP contribution in [0.5, 0.6) is 0 Å². The molecule has 0 unspecified atom stereocenters. The van der Waals surface area contributed by atoms with Gasteiger partial charge in [0, 0.05) is 92.6 Å². The molecule has 0 fully saturated rings. The first-order valence-electron chi connectivity index (χ1n) is 49.7. The van der Waals surface area contributed by atoms with E-state index in [0.29, 0.717) is 0 Å². The largest absolute Gasteiger partial charge is 0.456 e. The highest BCUT2D eigenvalue weighted by Crippen LogP contribution is 2.48. The van der Waals surface area contributed by atoms with E-state index in [9.17, 15) is 0 Å². The van der Waals surface area contributed by atoms with Crippen LogP contribution in [0, 0.1) is 0 Å². The standard InChI is InChI=1S/C48H33NO.C48H33NS.C44H29NO/c1-3-10-34(11-4-1)36-18-20-37(21-19-36)39-24-29-43(30-25-39)49(42-27-22-38(23-28-42)35-12-5-2-6-13-35)44-15-9-14-40(32-44)41-26-31-48-46(33-41)45-16-7-8-17-47(45)50-48;1-3-11-34(12-4-1)36-21-26-42(27-22-36)49(43-28-23-37(24-29-43)39-16-9-15-38(31-39)35-13-5-2-6-14-35)44-18-10-17-40(32-44)41-25-30-48-46(33-41)45-19-7-8-20-47(45)50-48;1-2-11-30(12-3-1)31-21-24-35(25-22-31)45(42-29-34-13-4-5-16-37(34)38-17-6-7-18-39(38)42)36-15-10-14-32(27-36)33-23-26-44-41(28-33)40-19-8-9-20-43(40)46-44/h2*1-33H;1-29H. The Morgan fingerprint density at radius 1 is 0.123 bits per heavy atom. The summed E-state index contributed by atoms with van der Waals surface area (Å²) < 4.78 is 14.9. The van der Waals surface area contributed by atoms with Crippen LogP contribution in [0.3, 0.4) is 0 Å². The summed E-state index contributed by atoms with van der Waals surface area (Å²) in [6.45, 7) is 0. The predicted molar refractivity (Wildman–Crippen MR) is 620 cm³/mol. The van der Waals surface area contributed by atoms with Gasteiger partial charge in [0.15, 0.2) is 0 Å². The minimum atomic E-state index is 0.904. The third kappa shape index (κ3) is 18.0. The summed E-state index contributed by atoms with van der Waals surface area (Å²) in [5, 5.41) is 12.1. The van der Waals surface area contributed by atoms with E-state index in [2.05, 4.69) is 567 Å². The van der Waals surface area contributed by atoms with Gasteiger partial charge < -0.3 is 23.5 Å². The molecular weight excluding hydrogens is 1790 g/mol. The van der Waals surface area contributed by atoms with E-state index in [1.807, 2.05) is 35.6 Å². The van der Waals surface area contributed by atoms with Gasteiger partial charge in [-0.25, -0.2) is 0 Å². The molecule has 0 bridgehead atoms. The lowest BCUT2D eigenvalue weighted by Crippen LogP contribution is -2.10. The minimum Gasteiger partial charge on any atom is -0.456 e. The first-order chi connectivity index (χ1) is 72.3. The molecule has 3 heterocycles. The molecule has 0 spiro atoms. The van der Waals surface area contributed by atoms with Gasteiger partial charge in [0.05, 0.1) is 5.69 Å². The Balaban J connectivity index is 0.000000114. The molecule has 6 heteroatoms. The third-order valence-corrected chi connectivity index (χ3v) is 29.2. The highest BCUT2D eigenvalue weighted by Gasteiger charge is 2.23. The van der Waals surface area contributed by atoms with Crippen LogP contribution in [0.2, 0.25) is 0 Å². The summed E-state index contributed by atoms with van der Waals surface area (Å²) in [6.07, 6.45) is 0. The van der Waals surface area contributed by atoms with Crippen LogP contribution in [-0.2, 0) is 0 Å². The van der Waals surface area contributed by atoms with Crippen LogP contribution in [0.1, 0.15) is 0 Å². The summed E-state index contributed by atoms with van der Waals surface area (Å²) in [5.74, 6) is 0. The summed E-state index contributed by atoms with van der Waals surface area (Å²) in [4.78, 5) is 7.10. The maximum Gasteiger partial charge on any atom is 0.135 e. The zero-order valence-electron chi connectivity index (χ0n) is 79.9. The normalized spacial score (nSPS) is 11.3. The fraction of sp³-hybridized carbons (Fsp3) is 0. The summed E-state index contributed by atoms with van der Waals surface area (Å²) in [7, 11) is 0. The molecule has 146 heavy (non-hydrogen) atoms. The highest BCUT2D eigenvalue weighted by molar-refractivity contribution is 7.25. The molecule has 27 rings (SSSR count). The van der Waals surface area contributed by atoms with Gasteiger partial charge in [0.1, 0.15) is 22.3 Å². The highest BCUT2D eigenvalue weighted by atomic mass is 32.1. The number of furan rings is 2. The van der Waals surface area contributed by atoms with Crippen LogP contribution < -0.4 is 14.7 Å². The number of anilines is 9. The van der Waals surface area contributed by atoms with Gasteiger partial charge in [-0.2, -0.15) is 0 Å². The second kappa shape index (κ2) is 39.6. The Morgan fingerprint density at radius 2 is 0.370 bits per heavy atom. The number of benzene rings is 24. The molecule has 0 saturated heterocycles. The van der Waals surface area contributed by atoms with E-state index in [1.165, 1.54) is 131 Å². The SMILES string of the molecule is c1ccc(-c2ccc(-c3ccc(N(c4ccc(-c5ccccc5)cc4)c4cccc(-c5ccc6oc7ccccc7c6c5)c4)cc3)cc2)cc1.c1ccc(-c2ccc(N(c3ccc(-c4cccc(-c5ccccc5)c4)cc3)c3cccc(-c4ccc5sc6ccccc6c5c4)c3)cc2)cc1.c1ccc(-c2ccc(N(c3cccc(-c4ccc5oc6ccccc6c5c4)c3)c3cc4ccccc4c4ccccc34)cc2)cc1. The van der Waals surface area contributed by atoms with Gasteiger partial charge in [-0.15, -0.1) is 11.3 Å². The first kappa shape index (κ1) is 88.4.